The third-order valence-electron chi connectivity index (χ3n) is 5.07. The molecule has 0 bridgehead atoms. The molecule has 5 heteroatoms. The lowest BCUT2D eigenvalue weighted by atomic mass is 9.90. The largest absolute Gasteiger partial charge is 0.493 e. The minimum atomic E-state index is -0.360. The van der Waals surface area contributed by atoms with Crippen molar-refractivity contribution in [3.8, 4) is 5.75 Å². The number of carbonyl (C=O) groups is 2. The summed E-state index contributed by atoms with van der Waals surface area (Å²) in [5.41, 5.74) is 0.698. The van der Waals surface area contributed by atoms with Crippen LogP contribution in [0.4, 0.5) is 0 Å². The fourth-order valence-electron chi connectivity index (χ4n) is 3.60. The highest BCUT2D eigenvalue weighted by Crippen LogP contribution is 2.32. The number of hydrogen-bond donors (Lipinski definition) is 1. The Morgan fingerprint density at radius 3 is 2.48 bits per heavy atom. The van der Waals surface area contributed by atoms with E-state index in [2.05, 4.69) is 5.32 Å². The van der Waals surface area contributed by atoms with Crippen molar-refractivity contribution in [3.63, 3.8) is 0 Å². The number of hydrogen-bond acceptors (Lipinski definition) is 3. The second kappa shape index (κ2) is 7.06. The minimum absolute atomic E-state index is 0.0148. The van der Waals surface area contributed by atoms with Gasteiger partial charge in [-0.3, -0.25) is 9.59 Å². The monoisotopic (exact) mass is 344 g/mol. The molecule has 0 aromatic heterocycles. The van der Waals surface area contributed by atoms with Crippen LogP contribution in [-0.2, 0) is 9.59 Å². The fraction of sp³-hybridized carbons (Fsp3) is 0.600. The molecule has 1 unspecified atom stereocenters. The van der Waals surface area contributed by atoms with Crippen molar-refractivity contribution >= 4 is 11.8 Å². The van der Waals surface area contributed by atoms with E-state index < -0.39 is 0 Å². The highest BCUT2D eigenvalue weighted by atomic mass is 16.5. The number of piperidine rings is 1. The minimum Gasteiger partial charge on any atom is -0.493 e. The van der Waals surface area contributed by atoms with E-state index >= 15 is 0 Å². The number of fused-ring (bicyclic) bond motifs is 1. The average Bonchev–Trinajstić information content (AvgIpc) is 2.61. The molecule has 2 aliphatic rings. The molecule has 2 heterocycles. The summed E-state index contributed by atoms with van der Waals surface area (Å²) in [5.74, 6) is 1.12. The standard InChI is InChI=1S/C20H28N2O3/c1-20(2,3)19(24)22-11-8-14(9-12-22)18(23)21-16-10-13-25-17-7-5-4-6-15(16)17/h4-7,14,16H,8-13H2,1-3H3,(H,21,23). The highest BCUT2D eigenvalue weighted by Gasteiger charge is 2.33. The Bertz CT molecular complexity index is 643. The van der Waals surface area contributed by atoms with Gasteiger partial charge in [0.05, 0.1) is 12.6 Å². The summed E-state index contributed by atoms with van der Waals surface area (Å²) in [6.45, 7) is 7.78. The Morgan fingerprint density at radius 2 is 1.80 bits per heavy atom. The van der Waals surface area contributed by atoms with Crippen LogP contribution < -0.4 is 10.1 Å². The quantitative estimate of drug-likeness (QED) is 0.897. The van der Waals surface area contributed by atoms with E-state index in [1.54, 1.807) is 0 Å². The predicted octanol–water partition coefficient (Wildman–Crippen LogP) is 2.91. The molecular formula is C20H28N2O3. The zero-order valence-electron chi connectivity index (χ0n) is 15.4. The molecule has 0 aliphatic carbocycles. The summed E-state index contributed by atoms with van der Waals surface area (Å²) < 4.78 is 5.66. The number of nitrogens with zero attached hydrogens (tertiary/aromatic N) is 1. The second-order valence-corrected chi connectivity index (χ2v) is 8.05. The van der Waals surface area contributed by atoms with E-state index in [1.165, 1.54) is 0 Å². The number of carbonyl (C=O) groups excluding carboxylic acids is 2. The Morgan fingerprint density at radius 1 is 1.12 bits per heavy atom. The van der Waals surface area contributed by atoms with Crippen molar-refractivity contribution in [1.29, 1.82) is 0 Å². The lowest BCUT2D eigenvalue weighted by molar-refractivity contribution is -0.142. The van der Waals surface area contributed by atoms with Gasteiger partial charge in [-0.2, -0.15) is 0 Å². The maximum Gasteiger partial charge on any atom is 0.227 e. The van der Waals surface area contributed by atoms with Crippen molar-refractivity contribution in [2.75, 3.05) is 19.7 Å². The van der Waals surface area contributed by atoms with E-state index in [1.807, 2.05) is 49.9 Å². The van der Waals surface area contributed by atoms with Crippen LogP contribution >= 0.6 is 0 Å². The van der Waals surface area contributed by atoms with Crippen LogP contribution in [0.2, 0.25) is 0 Å². The van der Waals surface area contributed by atoms with Crippen molar-refractivity contribution in [2.45, 2.75) is 46.1 Å². The van der Waals surface area contributed by atoms with Crippen molar-refractivity contribution < 1.29 is 14.3 Å². The van der Waals surface area contributed by atoms with E-state index in [0.29, 0.717) is 19.7 Å². The number of para-hydroxylation sites is 1. The number of nitrogens with one attached hydrogen (secondary N) is 1. The molecule has 1 aromatic rings. The highest BCUT2D eigenvalue weighted by molar-refractivity contribution is 5.83. The molecule has 2 amide bonds. The number of ether oxygens (including phenoxy) is 1. The maximum atomic E-state index is 12.7. The third-order valence-corrected chi connectivity index (χ3v) is 5.07. The van der Waals surface area contributed by atoms with Gasteiger partial charge in [0.1, 0.15) is 5.75 Å². The third kappa shape index (κ3) is 3.97. The SMILES string of the molecule is CC(C)(C)C(=O)N1CCC(C(=O)NC2CCOc3ccccc32)CC1. The first-order valence-corrected chi connectivity index (χ1v) is 9.18. The predicted molar refractivity (Wildman–Crippen MR) is 96.2 cm³/mol. The molecule has 1 saturated heterocycles. The van der Waals surface area contributed by atoms with Crippen LogP contribution in [0.25, 0.3) is 0 Å². The first kappa shape index (κ1) is 17.8. The lowest BCUT2D eigenvalue weighted by Crippen LogP contribution is -2.47. The summed E-state index contributed by atoms with van der Waals surface area (Å²) >= 11 is 0. The normalized spacial score (nSPS) is 21.2. The van der Waals surface area contributed by atoms with Gasteiger partial charge in [-0.25, -0.2) is 0 Å². The lowest BCUT2D eigenvalue weighted by Gasteiger charge is -2.36. The van der Waals surface area contributed by atoms with E-state index in [-0.39, 0.29) is 29.2 Å². The zero-order chi connectivity index (χ0) is 18.0. The molecule has 0 spiro atoms. The van der Waals surface area contributed by atoms with Crippen molar-refractivity contribution in [2.24, 2.45) is 11.3 Å². The van der Waals surface area contributed by atoms with Crippen LogP contribution in [0.15, 0.2) is 24.3 Å². The first-order valence-electron chi connectivity index (χ1n) is 9.18. The molecule has 0 radical (unpaired) electrons. The number of rotatable bonds is 2. The van der Waals surface area contributed by atoms with Gasteiger partial charge in [-0.1, -0.05) is 39.0 Å². The van der Waals surface area contributed by atoms with E-state index in [0.717, 1.165) is 30.6 Å². The summed E-state index contributed by atoms with van der Waals surface area (Å²) in [6, 6.07) is 7.91. The van der Waals surface area contributed by atoms with Crippen LogP contribution in [0.5, 0.6) is 5.75 Å². The van der Waals surface area contributed by atoms with Crippen molar-refractivity contribution in [3.05, 3.63) is 29.8 Å². The topological polar surface area (TPSA) is 58.6 Å². The van der Waals surface area contributed by atoms with Gasteiger partial charge >= 0.3 is 0 Å². The van der Waals surface area contributed by atoms with Crippen LogP contribution in [0.3, 0.4) is 0 Å². The van der Waals surface area contributed by atoms with Crippen LogP contribution in [0, 0.1) is 11.3 Å². The van der Waals surface area contributed by atoms with Gasteiger partial charge in [0.2, 0.25) is 11.8 Å². The molecular weight excluding hydrogens is 316 g/mol. The smallest absolute Gasteiger partial charge is 0.227 e. The van der Waals surface area contributed by atoms with Gasteiger partial charge < -0.3 is 15.0 Å². The molecule has 0 saturated carbocycles. The number of amides is 2. The molecule has 3 rings (SSSR count). The molecule has 2 aliphatic heterocycles. The van der Waals surface area contributed by atoms with Crippen molar-refractivity contribution in [1.82, 2.24) is 10.2 Å². The van der Waals surface area contributed by atoms with Gasteiger partial charge in [-0.15, -0.1) is 0 Å². The Labute approximate surface area is 149 Å². The van der Waals surface area contributed by atoms with Gasteiger partial charge in [-0.05, 0) is 18.9 Å². The molecule has 25 heavy (non-hydrogen) atoms. The van der Waals surface area contributed by atoms with Crippen LogP contribution in [0.1, 0.15) is 51.6 Å². The molecule has 1 N–H and O–H groups in total. The fourth-order valence-corrected chi connectivity index (χ4v) is 3.60. The Hall–Kier alpha value is -2.04. The van der Waals surface area contributed by atoms with Crippen LogP contribution in [-0.4, -0.2) is 36.4 Å². The van der Waals surface area contributed by atoms with Gasteiger partial charge in [0, 0.05) is 36.4 Å². The van der Waals surface area contributed by atoms with Gasteiger partial charge in [0.15, 0.2) is 0 Å². The Kier molecular flexibility index (Phi) is 5.02. The summed E-state index contributed by atoms with van der Waals surface area (Å²) in [6.07, 6.45) is 2.27. The summed E-state index contributed by atoms with van der Waals surface area (Å²) in [4.78, 5) is 27.0. The number of likely N-dealkylation sites (tertiary alicyclic amines) is 1. The Balaban J connectivity index is 1.57. The maximum absolute atomic E-state index is 12.7. The van der Waals surface area contributed by atoms with E-state index in [4.69, 9.17) is 4.74 Å². The summed E-state index contributed by atoms with van der Waals surface area (Å²) in [7, 11) is 0. The molecule has 1 atom stereocenters. The molecule has 136 valence electrons. The van der Waals surface area contributed by atoms with E-state index in [9.17, 15) is 9.59 Å². The molecule has 1 fully saturated rings. The second-order valence-electron chi connectivity index (χ2n) is 8.05. The zero-order valence-corrected chi connectivity index (χ0v) is 15.4. The summed E-state index contributed by atoms with van der Waals surface area (Å²) in [5, 5.41) is 3.20. The average molecular weight is 344 g/mol. The molecule has 5 nitrogen and oxygen atoms in total. The molecule has 1 aromatic carbocycles. The first-order chi connectivity index (χ1) is 11.9. The number of benzene rings is 1. The van der Waals surface area contributed by atoms with Gasteiger partial charge in [0.25, 0.3) is 0 Å².